The summed E-state index contributed by atoms with van der Waals surface area (Å²) in [5, 5.41) is 21.9. The quantitative estimate of drug-likeness (QED) is 0.598. The number of aliphatic hydroxyl groups is 2. The Balaban J connectivity index is 2.08. The van der Waals surface area contributed by atoms with E-state index >= 15 is 0 Å². The van der Waals surface area contributed by atoms with Gasteiger partial charge in [-0.3, -0.25) is 0 Å². The summed E-state index contributed by atoms with van der Waals surface area (Å²) in [4.78, 5) is 0. The zero-order valence-electron chi connectivity index (χ0n) is 12.5. The van der Waals surface area contributed by atoms with Gasteiger partial charge in [0.05, 0.1) is 18.8 Å². The Bertz CT molecular complexity index is 225. The molecule has 0 heterocycles. The zero-order chi connectivity index (χ0) is 14.1. The van der Waals surface area contributed by atoms with E-state index in [0.29, 0.717) is 31.2 Å². The van der Waals surface area contributed by atoms with Crippen LogP contribution in [0.15, 0.2) is 0 Å². The van der Waals surface area contributed by atoms with Gasteiger partial charge in [0.25, 0.3) is 0 Å². The standard InChI is InChI=1S/C15H31NO3/c1-12-6-3-4-8-15(12)19-11-14(18)10-16-13(2)7-5-9-17/h12-18H,3-11H2,1-2H3. The van der Waals surface area contributed by atoms with Crippen molar-refractivity contribution in [2.24, 2.45) is 5.92 Å². The second kappa shape index (κ2) is 9.70. The molecule has 0 aliphatic heterocycles. The maximum Gasteiger partial charge on any atom is 0.0897 e. The zero-order valence-corrected chi connectivity index (χ0v) is 12.5. The Morgan fingerprint density at radius 1 is 1.32 bits per heavy atom. The Morgan fingerprint density at radius 2 is 2.05 bits per heavy atom. The monoisotopic (exact) mass is 273 g/mol. The molecule has 4 nitrogen and oxygen atoms in total. The van der Waals surface area contributed by atoms with E-state index in [0.717, 1.165) is 19.3 Å². The van der Waals surface area contributed by atoms with Gasteiger partial charge in [-0.25, -0.2) is 0 Å². The maximum atomic E-state index is 9.90. The molecule has 0 spiro atoms. The van der Waals surface area contributed by atoms with Crippen molar-refractivity contribution in [3.63, 3.8) is 0 Å². The molecule has 0 bridgehead atoms. The second-order valence-electron chi connectivity index (χ2n) is 5.96. The minimum absolute atomic E-state index is 0.233. The molecule has 1 saturated carbocycles. The fourth-order valence-electron chi connectivity index (χ4n) is 2.66. The molecule has 0 aromatic rings. The molecule has 1 fully saturated rings. The first-order valence-corrected chi connectivity index (χ1v) is 7.77. The lowest BCUT2D eigenvalue weighted by Gasteiger charge is -2.29. The van der Waals surface area contributed by atoms with Crippen molar-refractivity contribution >= 4 is 0 Å². The Morgan fingerprint density at radius 3 is 2.74 bits per heavy atom. The van der Waals surface area contributed by atoms with Crippen LogP contribution in [-0.4, -0.2) is 48.2 Å². The van der Waals surface area contributed by atoms with Crippen molar-refractivity contribution in [1.82, 2.24) is 5.32 Å². The van der Waals surface area contributed by atoms with Crippen LogP contribution in [0.4, 0.5) is 0 Å². The molecule has 4 unspecified atom stereocenters. The van der Waals surface area contributed by atoms with Crippen LogP contribution in [0.2, 0.25) is 0 Å². The Kier molecular flexibility index (Phi) is 8.62. The first-order valence-electron chi connectivity index (χ1n) is 7.77. The van der Waals surface area contributed by atoms with E-state index in [1.54, 1.807) is 0 Å². The molecule has 0 radical (unpaired) electrons. The SMILES string of the molecule is CC(CCCO)NCC(O)COC1CCCCC1C. The Labute approximate surface area is 117 Å². The maximum absolute atomic E-state index is 9.90. The summed E-state index contributed by atoms with van der Waals surface area (Å²) in [6, 6.07) is 0.329. The largest absolute Gasteiger partial charge is 0.396 e. The van der Waals surface area contributed by atoms with E-state index in [2.05, 4.69) is 19.2 Å². The lowest BCUT2D eigenvalue weighted by Crippen LogP contribution is -2.37. The fraction of sp³-hybridized carbons (Fsp3) is 1.00. The van der Waals surface area contributed by atoms with E-state index in [1.807, 2.05) is 0 Å². The third kappa shape index (κ3) is 7.25. The molecule has 0 amide bonds. The van der Waals surface area contributed by atoms with Crippen LogP contribution in [0.3, 0.4) is 0 Å². The second-order valence-corrected chi connectivity index (χ2v) is 5.96. The van der Waals surface area contributed by atoms with Crippen molar-refractivity contribution in [3.8, 4) is 0 Å². The highest BCUT2D eigenvalue weighted by Gasteiger charge is 2.22. The average Bonchev–Trinajstić information content (AvgIpc) is 2.42. The molecular weight excluding hydrogens is 242 g/mol. The first-order chi connectivity index (χ1) is 9.13. The fourth-order valence-corrected chi connectivity index (χ4v) is 2.66. The molecule has 19 heavy (non-hydrogen) atoms. The van der Waals surface area contributed by atoms with E-state index in [9.17, 15) is 5.11 Å². The summed E-state index contributed by atoms with van der Waals surface area (Å²) >= 11 is 0. The van der Waals surface area contributed by atoms with Crippen LogP contribution in [-0.2, 0) is 4.74 Å². The van der Waals surface area contributed by atoms with Gasteiger partial charge in [0.2, 0.25) is 0 Å². The minimum atomic E-state index is -0.439. The number of hydrogen-bond acceptors (Lipinski definition) is 4. The Hall–Kier alpha value is -0.160. The first kappa shape index (κ1) is 16.9. The third-order valence-corrected chi connectivity index (χ3v) is 4.03. The van der Waals surface area contributed by atoms with Gasteiger partial charge in [-0.1, -0.05) is 19.8 Å². The van der Waals surface area contributed by atoms with Gasteiger partial charge in [0.15, 0.2) is 0 Å². The third-order valence-electron chi connectivity index (χ3n) is 4.03. The van der Waals surface area contributed by atoms with E-state index in [1.165, 1.54) is 19.3 Å². The summed E-state index contributed by atoms with van der Waals surface area (Å²) in [6.45, 7) is 5.54. The van der Waals surface area contributed by atoms with Crippen LogP contribution in [0.1, 0.15) is 52.4 Å². The van der Waals surface area contributed by atoms with E-state index in [4.69, 9.17) is 9.84 Å². The molecule has 1 rings (SSSR count). The number of ether oxygens (including phenoxy) is 1. The highest BCUT2D eigenvalue weighted by atomic mass is 16.5. The normalized spacial score (nSPS) is 27.2. The summed E-state index contributed by atoms with van der Waals surface area (Å²) in [6.07, 6.45) is 6.57. The molecule has 114 valence electrons. The van der Waals surface area contributed by atoms with Crippen molar-refractivity contribution in [3.05, 3.63) is 0 Å². The molecule has 1 aliphatic carbocycles. The van der Waals surface area contributed by atoms with Crippen molar-refractivity contribution in [2.45, 2.75) is 70.6 Å². The molecule has 4 heteroatoms. The van der Waals surface area contributed by atoms with Crippen LogP contribution in [0.5, 0.6) is 0 Å². The molecule has 3 N–H and O–H groups in total. The molecule has 0 saturated heterocycles. The van der Waals surface area contributed by atoms with E-state index in [-0.39, 0.29) is 6.61 Å². The highest BCUT2D eigenvalue weighted by Crippen LogP contribution is 2.26. The lowest BCUT2D eigenvalue weighted by molar-refractivity contribution is -0.0455. The predicted octanol–water partition coefficient (Wildman–Crippen LogP) is 1.69. The van der Waals surface area contributed by atoms with Gasteiger partial charge in [0, 0.05) is 19.2 Å². The number of rotatable bonds is 9. The molecule has 0 aromatic heterocycles. The van der Waals surface area contributed by atoms with Crippen molar-refractivity contribution < 1.29 is 14.9 Å². The van der Waals surface area contributed by atoms with E-state index < -0.39 is 6.10 Å². The van der Waals surface area contributed by atoms with Gasteiger partial charge < -0.3 is 20.3 Å². The number of aliphatic hydroxyl groups excluding tert-OH is 2. The summed E-state index contributed by atoms with van der Waals surface area (Å²) < 4.78 is 5.84. The summed E-state index contributed by atoms with van der Waals surface area (Å²) in [5.41, 5.74) is 0. The summed E-state index contributed by atoms with van der Waals surface area (Å²) in [5.74, 6) is 0.623. The van der Waals surface area contributed by atoms with Crippen LogP contribution >= 0.6 is 0 Å². The molecular formula is C15H31NO3. The van der Waals surface area contributed by atoms with Crippen molar-refractivity contribution in [2.75, 3.05) is 19.8 Å². The lowest BCUT2D eigenvalue weighted by atomic mass is 9.88. The van der Waals surface area contributed by atoms with Gasteiger partial charge in [0.1, 0.15) is 0 Å². The number of nitrogens with one attached hydrogen (secondary N) is 1. The average molecular weight is 273 g/mol. The molecule has 1 aliphatic rings. The highest BCUT2D eigenvalue weighted by molar-refractivity contribution is 4.73. The van der Waals surface area contributed by atoms with Gasteiger partial charge >= 0.3 is 0 Å². The summed E-state index contributed by atoms with van der Waals surface area (Å²) in [7, 11) is 0. The van der Waals surface area contributed by atoms with Gasteiger partial charge in [-0.15, -0.1) is 0 Å². The number of hydrogen-bond donors (Lipinski definition) is 3. The molecule has 4 atom stereocenters. The smallest absolute Gasteiger partial charge is 0.0897 e. The van der Waals surface area contributed by atoms with Gasteiger partial charge in [-0.2, -0.15) is 0 Å². The topological polar surface area (TPSA) is 61.7 Å². The predicted molar refractivity (Wildman–Crippen MR) is 77.2 cm³/mol. The van der Waals surface area contributed by atoms with Crippen LogP contribution in [0.25, 0.3) is 0 Å². The van der Waals surface area contributed by atoms with Crippen LogP contribution < -0.4 is 5.32 Å². The minimum Gasteiger partial charge on any atom is -0.396 e. The molecule has 0 aromatic carbocycles. The van der Waals surface area contributed by atoms with Crippen LogP contribution in [0, 0.1) is 5.92 Å². The van der Waals surface area contributed by atoms with Crippen molar-refractivity contribution in [1.29, 1.82) is 0 Å². The van der Waals surface area contributed by atoms with Gasteiger partial charge in [-0.05, 0) is 38.5 Å².